The Morgan fingerprint density at radius 2 is 2.28 bits per heavy atom. The minimum Gasteiger partial charge on any atom is -0.376 e. The molecular formula is C15H18N2O. The average molecular weight is 242 g/mol. The van der Waals surface area contributed by atoms with Crippen molar-refractivity contribution in [2.24, 2.45) is 0 Å². The number of benzene rings is 1. The number of nitrogens with zero attached hydrogens (tertiary/aromatic N) is 1. The highest BCUT2D eigenvalue weighted by Crippen LogP contribution is 2.27. The van der Waals surface area contributed by atoms with Gasteiger partial charge >= 0.3 is 0 Å². The Kier molecular flexibility index (Phi) is 3.26. The summed E-state index contributed by atoms with van der Waals surface area (Å²) in [5.74, 6) is 0. The van der Waals surface area contributed by atoms with Crippen LogP contribution in [-0.2, 0) is 4.74 Å². The van der Waals surface area contributed by atoms with Crippen LogP contribution in [0.1, 0.15) is 24.4 Å². The van der Waals surface area contributed by atoms with Gasteiger partial charge in [-0.3, -0.25) is 4.98 Å². The van der Waals surface area contributed by atoms with Crippen molar-refractivity contribution in [2.45, 2.75) is 25.0 Å². The van der Waals surface area contributed by atoms with Crippen LogP contribution in [0.15, 0.2) is 36.5 Å². The topological polar surface area (TPSA) is 34.2 Å². The molecule has 2 aromatic rings. The lowest BCUT2D eigenvalue weighted by Crippen LogP contribution is -2.29. The van der Waals surface area contributed by atoms with Crippen molar-refractivity contribution in [3.63, 3.8) is 0 Å². The second-order valence-electron chi connectivity index (χ2n) is 4.78. The van der Waals surface area contributed by atoms with Gasteiger partial charge in [0.25, 0.3) is 0 Å². The molecule has 94 valence electrons. The smallest absolute Gasteiger partial charge is 0.0771 e. The van der Waals surface area contributed by atoms with Crippen LogP contribution in [0.25, 0.3) is 10.9 Å². The first-order valence-corrected chi connectivity index (χ1v) is 6.52. The van der Waals surface area contributed by atoms with Crippen molar-refractivity contribution >= 4 is 10.9 Å². The Bertz CT molecular complexity index is 535. The molecule has 0 aliphatic carbocycles. The number of likely N-dealkylation sites (N-methyl/N-ethyl adjacent to an activating group) is 1. The summed E-state index contributed by atoms with van der Waals surface area (Å²) >= 11 is 0. The highest BCUT2D eigenvalue weighted by Gasteiger charge is 2.26. The van der Waals surface area contributed by atoms with Crippen LogP contribution in [0, 0.1) is 0 Å². The van der Waals surface area contributed by atoms with Crippen LogP contribution in [0.3, 0.4) is 0 Å². The number of rotatable bonds is 3. The zero-order valence-corrected chi connectivity index (χ0v) is 10.6. The number of ether oxygens (including phenoxy) is 1. The summed E-state index contributed by atoms with van der Waals surface area (Å²) in [6.07, 6.45) is 4.52. The molecule has 3 heteroatoms. The lowest BCUT2D eigenvalue weighted by atomic mass is 10.00. The zero-order valence-electron chi connectivity index (χ0n) is 10.6. The van der Waals surface area contributed by atoms with E-state index in [2.05, 4.69) is 22.4 Å². The van der Waals surface area contributed by atoms with E-state index in [1.165, 1.54) is 10.9 Å². The summed E-state index contributed by atoms with van der Waals surface area (Å²) in [5, 5.41) is 4.55. The standard InChI is InChI=1S/C15H18N2O/c1-16-15(14-7-4-8-18-14)12-9-11-5-2-3-6-13(11)17-10-12/h2-3,5-6,9-10,14-16H,4,7-8H2,1H3. The minimum atomic E-state index is 0.240. The quantitative estimate of drug-likeness (QED) is 0.898. The SMILES string of the molecule is CNC(c1cnc2ccccc2c1)C1CCCO1. The van der Waals surface area contributed by atoms with Crippen molar-refractivity contribution in [1.82, 2.24) is 10.3 Å². The van der Waals surface area contributed by atoms with Gasteiger partial charge in [0.2, 0.25) is 0 Å². The summed E-state index contributed by atoms with van der Waals surface area (Å²) in [4.78, 5) is 4.53. The fraction of sp³-hybridized carbons (Fsp3) is 0.400. The van der Waals surface area contributed by atoms with Crippen molar-refractivity contribution in [1.29, 1.82) is 0 Å². The van der Waals surface area contributed by atoms with Crippen LogP contribution in [0.2, 0.25) is 0 Å². The summed E-state index contributed by atoms with van der Waals surface area (Å²) in [7, 11) is 1.99. The fourth-order valence-corrected chi connectivity index (χ4v) is 2.69. The van der Waals surface area contributed by atoms with Gasteiger partial charge in [-0.1, -0.05) is 18.2 Å². The van der Waals surface area contributed by atoms with Crippen molar-refractivity contribution in [2.75, 3.05) is 13.7 Å². The van der Waals surface area contributed by atoms with E-state index in [-0.39, 0.29) is 12.1 Å². The van der Waals surface area contributed by atoms with Crippen molar-refractivity contribution < 1.29 is 4.74 Å². The average Bonchev–Trinajstić information content (AvgIpc) is 2.93. The van der Waals surface area contributed by atoms with E-state index in [0.29, 0.717) is 0 Å². The molecule has 2 atom stereocenters. The van der Waals surface area contributed by atoms with Crippen LogP contribution < -0.4 is 5.32 Å². The molecule has 2 unspecified atom stereocenters. The van der Waals surface area contributed by atoms with Crippen LogP contribution in [-0.4, -0.2) is 24.7 Å². The number of pyridine rings is 1. The Morgan fingerprint density at radius 1 is 1.39 bits per heavy atom. The first kappa shape index (κ1) is 11.6. The highest BCUT2D eigenvalue weighted by atomic mass is 16.5. The number of hydrogen-bond acceptors (Lipinski definition) is 3. The summed E-state index contributed by atoms with van der Waals surface area (Å²) in [6.45, 7) is 0.879. The molecule has 0 amide bonds. The Hall–Kier alpha value is -1.45. The molecule has 1 saturated heterocycles. The van der Waals surface area contributed by atoms with Gasteiger partial charge in [0.15, 0.2) is 0 Å². The van der Waals surface area contributed by atoms with Crippen molar-refractivity contribution in [3.8, 4) is 0 Å². The van der Waals surface area contributed by atoms with E-state index in [1.807, 2.05) is 31.4 Å². The minimum absolute atomic E-state index is 0.240. The largest absolute Gasteiger partial charge is 0.376 e. The molecule has 0 spiro atoms. The second kappa shape index (κ2) is 5.04. The highest BCUT2D eigenvalue weighted by molar-refractivity contribution is 5.78. The van der Waals surface area contributed by atoms with Gasteiger partial charge in [0.05, 0.1) is 17.7 Å². The third-order valence-corrected chi connectivity index (χ3v) is 3.62. The van der Waals surface area contributed by atoms with Crippen LogP contribution >= 0.6 is 0 Å². The van der Waals surface area contributed by atoms with Crippen LogP contribution in [0.5, 0.6) is 0 Å². The molecule has 1 aromatic heterocycles. The maximum atomic E-state index is 5.78. The van der Waals surface area contributed by atoms with Gasteiger partial charge in [-0.15, -0.1) is 0 Å². The summed E-state index contributed by atoms with van der Waals surface area (Å²) < 4.78 is 5.78. The molecule has 3 rings (SSSR count). The first-order chi connectivity index (χ1) is 8.88. The number of aromatic nitrogens is 1. The molecule has 18 heavy (non-hydrogen) atoms. The van der Waals surface area contributed by atoms with E-state index < -0.39 is 0 Å². The molecule has 3 nitrogen and oxygen atoms in total. The van der Waals surface area contributed by atoms with E-state index in [9.17, 15) is 0 Å². The summed E-state index contributed by atoms with van der Waals surface area (Å²) in [6, 6.07) is 10.7. The third-order valence-electron chi connectivity index (χ3n) is 3.62. The number of fused-ring (bicyclic) bond motifs is 1. The van der Waals surface area contributed by atoms with Gasteiger partial charge in [-0.05, 0) is 37.6 Å². The molecule has 1 fully saturated rings. The molecule has 1 aromatic carbocycles. The Balaban J connectivity index is 1.96. The lowest BCUT2D eigenvalue weighted by Gasteiger charge is -2.22. The Morgan fingerprint density at radius 3 is 3.06 bits per heavy atom. The van der Waals surface area contributed by atoms with Gasteiger partial charge in [-0.2, -0.15) is 0 Å². The first-order valence-electron chi connectivity index (χ1n) is 6.52. The van der Waals surface area contributed by atoms with Gasteiger partial charge in [-0.25, -0.2) is 0 Å². The fourth-order valence-electron chi connectivity index (χ4n) is 2.69. The number of nitrogens with one attached hydrogen (secondary N) is 1. The summed E-state index contributed by atoms with van der Waals surface area (Å²) in [5.41, 5.74) is 2.26. The third kappa shape index (κ3) is 2.11. The number of hydrogen-bond donors (Lipinski definition) is 1. The molecule has 0 bridgehead atoms. The van der Waals surface area contributed by atoms with Gasteiger partial charge in [0.1, 0.15) is 0 Å². The maximum absolute atomic E-state index is 5.78. The van der Waals surface area contributed by atoms with E-state index in [4.69, 9.17) is 4.74 Å². The zero-order chi connectivity index (χ0) is 12.4. The molecule has 2 heterocycles. The second-order valence-corrected chi connectivity index (χ2v) is 4.78. The van der Waals surface area contributed by atoms with E-state index in [0.717, 1.165) is 25.0 Å². The molecular weight excluding hydrogens is 224 g/mol. The molecule has 1 aliphatic rings. The molecule has 1 aliphatic heterocycles. The predicted molar refractivity (Wildman–Crippen MR) is 72.5 cm³/mol. The normalized spacial score (nSPS) is 21.3. The predicted octanol–water partition coefficient (Wildman–Crippen LogP) is 2.67. The Labute approximate surface area is 107 Å². The van der Waals surface area contributed by atoms with E-state index in [1.54, 1.807) is 0 Å². The van der Waals surface area contributed by atoms with E-state index >= 15 is 0 Å². The number of para-hydroxylation sites is 1. The monoisotopic (exact) mass is 242 g/mol. The van der Waals surface area contributed by atoms with Crippen LogP contribution in [0.4, 0.5) is 0 Å². The van der Waals surface area contributed by atoms with Gasteiger partial charge < -0.3 is 10.1 Å². The lowest BCUT2D eigenvalue weighted by molar-refractivity contribution is 0.0807. The van der Waals surface area contributed by atoms with Crippen molar-refractivity contribution in [3.05, 3.63) is 42.1 Å². The maximum Gasteiger partial charge on any atom is 0.0771 e. The molecule has 0 saturated carbocycles. The van der Waals surface area contributed by atoms with Gasteiger partial charge in [0, 0.05) is 18.2 Å². The molecule has 1 N–H and O–H groups in total. The molecule has 0 radical (unpaired) electrons.